The van der Waals surface area contributed by atoms with Gasteiger partial charge in [0.1, 0.15) is 6.61 Å². The quantitative estimate of drug-likeness (QED) is 0.368. The standard InChI is InChI=1S/C29H24N2O6/c1-4-29(34)20-9-22-25-17(11-31(22)27(32)19(20)12-35-28(29)33)8-18-21(30-25)10-23-26(37-13-36-23)24(18)16-6-5-14(2)15(3)7-16/h5-10,34H,4,11-13H2,1-3H3/t29-/m0/s1. The van der Waals surface area contributed by atoms with Gasteiger partial charge in [0.2, 0.25) is 6.79 Å². The molecule has 7 rings (SSSR count). The summed E-state index contributed by atoms with van der Waals surface area (Å²) in [6.07, 6.45) is 0.0997. The maximum atomic E-state index is 13.5. The van der Waals surface area contributed by atoms with Crippen LogP contribution in [0.3, 0.4) is 0 Å². The molecule has 8 heteroatoms. The molecule has 0 saturated heterocycles. The molecular weight excluding hydrogens is 472 g/mol. The molecule has 3 aliphatic rings. The monoisotopic (exact) mass is 496 g/mol. The second-order valence-electron chi connectivity index (χ2n) is 9.95. The number of carbonyl (C=O) groups is 1. The Morgan fingerprint density at radius 3 is 2.68 bits per heavy atom. The first-order valence-electron chi connectivity index (χ1n) is 12.3. The first-order valence-corrected chi connectivity index (χ1v) is 12.3. The SMILES string of the molecule is CC[C@@]1(O)C(=O)OCc2c1cc1n(c2=O)Cc2cc3c(-c4ccc(C)c(C)c4)c4c(cc3nc2-1)OCO4. The lowest BCUT2D eigenvalue weighted by atomic mass is 9.86. The number of ether oxygens (including phenoxy) is 3. The highest BCUT2D eigenvalue weighted by Gasteiger charge is 2.45. The molecule has 1 N–H and O–H groups in total. The highest BCUT2D eigenvalue weighted by Crippen LogP contribution is 2.48. The van der Waals surface area contributed by atoms with E-state index in [4.69, 9.17) is 19.2 Å². The van der Waals surface area contributed by atoms with Crippen LogP contribution in [0.15, 0.2) is 41.2 Å². The van der Waals surface area contributed by atoms with E-state index in [0.717, 1.165) is 22.1 Å². The van der Waals surface area contributed by atoms with E-state index in [2.05, 4.69) is 38.1 Å². The van der Waals surface area contributed by atoms with Gasteiger partial charge in [-0.2, -0.15) is 0 Å². The summed E-state index contributed by atoms with van der Waals surface area (Å²) in [4.78, 5) is 30.9. The van der Waals surface area contributed by atoms with E-state index in [9.17, 15) is 14.7 Å². The molecule has 0 unspecified atom stereocenters. The molecule has 0 radical (unpaired) electrons. The van der Waals surface area contributed by atoms with Gasteiger partial charge in [-0.1, -0.05) is 25.1 Å². The highest BCUT2D eigenvalue weighted by molar-refractivity contribution is 6.02. The summed E-state index contributed by atoms with van der Waals surface area (Å²) in [5, 5.41) is 12.0. The zero-order valence-electron chi connectivity index (χ0n) is 20.7. The average Bonchev–Trinajstić information content (AvgIpc) is 3.50. The fourth-order valence-corrected chi connectivity index (χ4v) is 5.67. The number of aromatic nitrogens is 2. The molecule has 0 saturated carbocycles. The van der Waals surface area contributed by atoms with E-state index in [1.165, 1.54) is 11.1 Å². The summed E-state index contributed by atoms with van der Waals surface area (Å²) in [7, 11) is 0. The number of esters is 1. The predicted molar refractivity (Wildman–Crippen MR) is 136 cm³/mol. The van der Waals surface area contributed by atoms with Crippen LogP contribution in [0, 0.1) is 13.8 Å². The Morgan fingerprint density at radius 1 is 1.05 bits per heavy atom. The van der Waals surface area contributed by atoms with Gasteiger partial charge in [-0.25, -0.2) is 9.78 Å². The number of benzene rings is 2. The van der Waals surface area contributed by atoms with Crippen molar-refractivity contribution >= 4 is 16.9 Å². The molecule has 8 nitrogen and oxygen atoms in total. The summed E-state index contributed by atoms with van der Waals surface area (Å²) in [5.74, 6) is 0.573. The molecular formula is C29H24N2O6. The highest BCUT2D eigenvalue weighted by atomic mass is 16.7. The van der Waals surface area contributed by atoms with Gasteiger partial charge in [0, 0.05) is 28.1 Å². The molecule has 0 amide bonds. The zero-order chi connectivity index (χ0) is 25.6. The largest absolute Gasteiger partial charge is 0.458 e. The van der Waals surface area contributed by atoms with Crippen molar-refractivity contribution in [2.45, 2.75) is 45.9 Å². The van der Waals surface area contributed by atoms with E-state index in [0.29, 0.717) is 46.1 Å². The Labute approximate surface area is 212 Å². The van der Waals surface area contributed by atoms with E-state index in [-0.39, 0.29) is 25.4 Å². The predicted octanol–water partition coefficient (Wildman–Crippen LogP) is 4.09. The summed E-state index contributed by atoms with van der Waals surface area (Å²) >= 11 is 0. The van der Waals surface area contributed by atoms with Crippen LogP contribution >= 0.6 is 0 Å². The van der Waals surface area contributed by atoms with Gasteiger partial charge < -0.3 is 23.9 Å². The number of aliphatic hydroxyl groups is 1. The number of cyclic esters (lactones) is 1. The smallest absolute Gasteiger partial charge is 0.343 e. The first-order chi connectivity index (χ1) is 17.8. The van der Waals surface area contributed by atoms with Gasteiger partial charge in [0.25, 0.3) is 5.56 Å². The third-order valence-corrected chi connectivity index (χ3v) is 7.95. The third kappa shape index (κ3) is 2.90. The van der Waals surface area contributed by atoms with Crippen LogP contribution in [0.1, 0.15) is 41.2 Å². The number of nitrogens with zero attached hydrogens (tertiary/aromatic N) is 2. The number of carbonyl (C=O) groups excluding carboxylic acids is 1. The number of rotatable bonds is 2. The average molecular weight is 497 g/mol. The minimum Gasteiger partial charge on any atom is -0.458 e. The van der Waals surface area contributed by atoms with Crippen molar-refractivity contribution in [2.75, 3.05) is 6.79 Å². The molecule has 0 aliphatic carbocycles. The number of fused-ring (bicyclic) bond motifs is 6. The van der Waals surface area contributed by atoms with E-state index < -0.39 is 11.6 Å². The second-order valence-corrected chi connectivity index (χ2v) is 9.95. The maximum absolute atomic E-state index is 13.5. The van der Waals surface area contributed by atoms with Crippen molar-refractivity contribution < 1.29 is 24.1 Å². The van der Waals surface area contributed by atoms with Crippen molar-refractivity contribution in [1.29, 1.82) is 0 Å². The molecule has 5 heterocycles. The fraction of sp³-hybridized carbons (Fsp3) is 0.276. The Morgan fingerprint density at radius 2 is 1.89 bits per heavy atom. The van der Waals surface area contributed by atoms with Gasteiger partial charge in [0.05, 0.1) is 29.0 Å². The van der Waals surface area contributed by atoms with Crippen LogP contribution in [0.25, 0.3) is 33.4 Å². The van der Waals surface area contributed by atoms with Gasteiger partial charge in [-0.15, -0.1) is 0 Å². The van der Waals surface area contributed by atoms with E-state index in [1.54, 1.807) is 17.6 Å². The lowest BCUT2D eigenvalue weighted by Crippen LogP contribution is -2.44. The van der Waals surface area contributed by atoms with E-state index in [1.807, 2.05) is 6.07 Å². The molecule has 0 fully saturated rings. The van der Waals surface area contributed by atoms with Gasteiger partial charge in [0.15, 0.2) is 17.1 Å². The van der Waals surface area contributed by atoms with Crippen LogP contribution in [-0.4, -0.2) is 27.4 Å². The Balaban J connectivity index is 1.49. The molecule has 2 aromatic carbocycles. The minimum absolute atomic E-state index is 0.0997. The van der Waals surface area contributed by atoms with Gasteiger partial charge in [-0.05, 0) is 49.1 Å². The molecule has 1 atom stereocenters. The number of pyridine rings is 2. The summed E-state index contributed by atoms with van der Waals surface area (Å²) in [6.45, 7) is 6.16. The zero-order valence-corrected chi connectivity index (χ0v) is 20.7. The maximum Gasteiger partial charge on any atom is 0.343 e. The van der Waals surface area contributed by atoms with Crippen molar-refractivity contribution in [3.05, 3.63) is 74.6 Å². The third-order valence-electron chi connectivity index (χ3n) is 7.95. The summed E-state index contributed by atoms with van der Waals surface area (Å²) in [6, 6.07) is 11.9. The molecule has 37 heavy (non-hydrogen) atoms. The number of hydrogen-bond donors (Lipinski definition) is 1. The van der Waals surface area contributed by atoms with Gasteiger partial charge in [-0.3, -0.25) is 4.79 Å². The number of hydrogen-bond acceptors (Lipinski definition) is 7. The van der Waals surface area contributed by atoms with Crippen LogP contribution < -0.4 is 15.0 Å². The Kier molecular flexibility index (Phi) is 4.43. The molecule has 2 aromatic heterocycles. The van der Waals surface area contributed by atoms with E-state index >= 15 is 0 Å². The lowest BCUT2D eigenvalue weighted by Gasteiger charge is -2.31. The Hall–Kier alpha value is -4.17. The molecule has 4 aromatic rings. The Bertz CT molecular complexity index is 1750. The lowest BCUT2D eigenvalue weighted by molar-refractivity contribution is -0.172. The number of aryl methyl sites for hydroxylation is 2. The van der Waals surface area contributed by atoms with Crippen LogP contribution in [0.4, 0.5) is 0 Å². The van der Waals surface area contributed by atoms with Crippen LogP contribution in [0.5, 0.6) is 11.5 Å². The second kappa shape index (κ2) is 7.43. The minimum atomic E-state index is -1.86. The normalized spacial score (nSPS) is 19.0. The first kappa shape index (κ1) is 22.1. The molecule has 3 aliphatic heterocycles. The van der Waals surface area contributed by atoms with Crippen molar-refractivity contribution in [2.24, 2.45) is 0 Å². The fourth-order valence-electron chi connectivity index (χ4n) is 5.67. The van der Waals surface area contributed by atoms with Crippen molar-refractivity contribution in [1.82, 2.24) is 9.55 Å². The summed E-state index contributed by atoms with van der Waals surface area (Å²) in [5.41, 5.74) is 5.56. The molecule has 0 spiro atoms. The molecule has 186 valence electrons. The summed E-state index contributed by atoms with van der Waals surface area (Å²) < 4.78 is 18.5. The topological polar surface area (TPSA) is 99.9 Å². The van der Waals surface area contributed by atoms with Crippen molar-refractivity contribution in [3.8, 4) is 34.0 Å². The molecule has 0 bridgehead atoms. The van der Waals surface area contributed by atoms with Crippen LogP contribution in [-0.2, 0) is 28.3 Å². The van der Waals surface area contributed by atoms with Crippen molar-refractivity contribution in [3.63, 3.8) is 0 Å². The van der Waals surface area contributed by atoms with Crippen LogP contribution in [0.2, 0.25) is 0 Å². The van der Waals surface area contributed by atoms with Gasteiger partial charge >= 0.3 is 5.97 Å².